The lowest BCUT2D eigenvalue weighted by Gasteiger charge is -2.10. The Bertz CT molecular complexity index is 909. The summed E-state index contributed by atoms with van der Waals surface area (Å²) in [5.41, 5.74) is 4.58. The molecule has 1 aromatic carbocycles. The van der Waals surface area contributed by atoms with Gasteiger partial charge in [0, 0.05) is 11.6 Å². The van der Waals surface area contributed by atoms with Crippen LogP contribution < -0.4 is 15.6 Å². The van der Waals surface area contributed by atoms with E-state index in [1.54, 1.807) is 17.5 Å². The van der Waals surface area contributed by atoms with Crippen molar-refractivity contribution in [1.82, 2.24) is 15.6 Å². The van der Waals surface area contributed by atoms with Crippen molar-refractivity contribution >= 4 is 44.8 Å². The van der Waals surface area contributed by atoms with Crippen molar-refractivity contribution in [2.24, 2.45) is 0 Å². The quantitative estimate of drug-likeness (QED) is 0.668. The number of nitrogens with one attached hydrogen (secondary N) is 3. The molecule has 2 amide bonds. The number of benzene rings is 1. The maximum absolute atomic E-state index is 12.3. The Morgan fingerprint density at radius 2 is 1.84 bits per heavy atom. The molecule has 7 nitrogen and oxygen atoms in total. The van der Waals surface area contributed by atoms with Gasteiger partial charge in [-0.05, 0) is 42.5 Å². The zero-order chi connectivity index (χ0) is 18.0. The first-order chi connectivity index (χ1) is 11.9. The Balaban J connectivity index is 1.72. The van der Waals surface area contributed by atoms with Gasteiger partial charge < -0.3 is 0 Å². The number of carbonyl (C=O) groups excluding carboxylic acids is 2. The third-order valence-electron chi connectivity index (χ3n) is 3.42. The molecule has 1 saturated carbocycles. The Morgan fingerprint density at radius 1 is 1.12 bits per heavy atom. The Hall–Kier alpha value is -1.94. The highest BCUT2D eigenvalue weighted by Crippen LogP contribution is 2.26. The van der Waals surface area contributed by atoms with Gasteiger partial charge in [-0.15, -0.1) is 11.3 Å². The molecule has 2 aromatic rings. The van der Waals surface area contributed by atoms with Gasteiger partial charge in [-0.2, -0.15) is 0 Å². The highest BCUT2D eigenvalue weighted by Gasteiger charge is 2.29. The van der Waals surface area contributed by atoms with Crippen LogP contribution in [0, 0.1) is 0 Å². The molecule has 132 valence electrons. The number of hydrogen-bond acceptors (Lipinski definition) is 5. The summed E-state index contributed by atoms with van der Waals surface area (Å²) in [6.45, 7) is 0. The number of carbonyl (C=O) groups is 2. The second kappa shape index (κ2) is 7.12. The van der Waals surface area contributed by atoms with Crippen LogP contribution in [0.15, 0.2) is 40.6 Å². The van der Waals surface area contributed by atoms with Crippen molar-refractivity contribution in [3.05, 3.63) is 51.2 Å². The summed E-state index contributed by atoms with van der Waals surface area (Å²) in [5.74, 6) is -1.11. The molecule has 1 aliphatic carbocycles. The molecule has 0 radical (unpaired) electrons. The standard InChI is InChI=1S/C15H14ClN3O4S2/c16-11-6-3-9(8-13(11)25(22,23)19-10-4-5-10)14(20)17-18-15(21)12-2-1-7-24-12/h1-3,6-8,10,19H,4-5H2,(H,17,20)(H,18,21). The van der Waals surface area contributed by atoms with Crippen LogP contribution in [0.4, 0.5) is 0 Å². The largest absolute Gasteiger partial charge is 0.279 e. The van der Waals surface area contributed by atoms with Gasteiger partial charge in [-0.3, -0.25) is 20.4 Å². The van der Waals surface area contributed by atoms with Crippen LogP contribution >= 0.6 is 22.9 Å². The van der Waals surface area contributed by atoms with Crippen LogP contribution in [0.1, 0.15) is 32.9 Å². The molecule has 0 bridgehead atoms. The molecular formula is C15H14ClN3O4S2. The first kappa shape index (κ1) is 17.9. The first-order valence-electron chi connectivity index (χ1n) is 7.33. The number of hydrazine groups is 1. The van der Waals surface area contributed by atoms with Crippen LogP contribution in [-0.4, -0.2) is 26.3 Å². The molecule has 25 heavy (non-hydrogen) atoms. The SMILES string of the molecule is O=C(NNC(=O)c1cccs1)c1ccc(Cl)c(S(=O)(=O)NC2CC2)c1. The Labute approximate surface area is 153 Å². The van der Waals surface area contributed by atoms with Crippen molar-refractivity contribution < 1.29 is 18.0 Å². The number of rotatable bonds is 5. The van der Waals surface area contributed by atoms with Crippen molar-refractivity contribution in [3.8, 4) is 0 Å². The lowest BCUT2D eigenvalue weighted by molar-refractivity contribution is 0.0849. The average Bonchev–Trinajstić information content (AvgIpc) is 3.20. The van der Waals surface area contributed by atoms with E-state index < -0.39 is 21.8 Å². The first-order valence-corrected chi connectivity index (χ1v) is 10.1. The van der Waals surface area contributed by atoms with E-state index in [2.05, 4.69) is 15.6 Å². The summed E-state index contributed by atoms with van der Waals surface area (Å²) in [6.07, 6.45) is 1.57. The summed E-state index contributed by atoms with van der Waals surface area (Å²) in [6, 6.07) is 7.14. The summed E-state index contributed by atoms with van der Waals surface area (Å²) in [4.78, 5) is 24.2. The lowest BCUT2D eigenvalue weighted by atomic mass is 10.2. The number of amides is 2. The zero-order valence-electron chi connectivity index (χ0n) is 12.8. The van der Waals surface area contributed by atoms with E-state index >= 15 is 0 Å². The molecule has 0 unspecified atom stereocenters. The van der Waals surface area contributed by atoms with Crippen LogP contribution in [0.2, 0.25) is 5.02 Å². The third-order valence-corrected chi connectivity index (χ3v) is 6.29. The summed E-state index contributed by atoms with van der Waals surface area (Å²) in [5, 5.41) is 1.76. The summed E-state index contributed by atoms with van der Waals surface area (Å²) in [7, 11) is -3.80. The third kappa shape index (κ3) is 4.37. The molecule has 0 aliphatic heterocycles. The van der Waals surface area contributed by atoms with Gasteiger partial charge in [0.15, 0.2) is 0 Å². The van der Waals surface area contributed by atoms with Crippen molar-refractivity contribution in [3.63, 3.8) is 0 Å². The van der Waals surface area contributed by atoms with Crippen molar-refractivity contribution in [1.29, 1.82) is 0 Å². The molecule has 1 aromatic heterocycles. The van der Waals surface area contributed by atoms with Gasteiger partial charge in [-0.25, -0.2) is 13.1 Å². The normalized spacial score (nSPS) is 14.1. The van der Waals surface area contributed by atoms with Crippen molar-refractivity contribution in [2.75, 3.05) is 0 Å². The molecule has 10 heteroatoms. The second-order valence-corrected chi connectivity index (χ2v) is 8.46. The smallest absolute Gasteiger partial charge is 0.267 e. The van der Waals surface area contributed by atoms with Gasteiger partial charge in [0.25, 0.3) is 11.8 Å². The highest BCUT2D eigenvalue weighted by atomic mass is 35.5. The minimum absolute atomic E-state index is 0.0207. The van der Waals surface area contributed by atoms with Crippen LogP contribution in [0.5, 0.6) is 0 Å². The fourth-order valence-corrected chi connectivity index (χ4v) is 4.44. The van der Waals surface area contributed by atoms with Crippen LogP contribution in [-0.2, 0) is 10.0 Å². The molecule has 1 aliphatic rings. The highest BCUT2D eigenvalue weighted by molar-refractivity contribution is 7.89. The van der Waals surface area contributed by atoms with Crippen molar-refractivity contribution in [2.45, 2.75) is 23.8 Å². The van der Waals surface area contributed by atoms with E-state index in [1.807, 2.05) is 0 Å². The van der Waals surface area contributed by atoms with E-state index in [4.69, 9.17) is 11.6 Å². The molecule has 1 heterocycles. The molecule has 0 saturated heterocycles. The number of sulfonamides is 1. The summed E-state index contributed by atoms with van der Waals surface area (Å²) >= 11 is 7.19. The van der Waals surface area contributed by atoms with Gasteiger partial charge >= 0.3 is 0 Å². The predicted octanol–water partition coefficient (Wildman–Crippen LogP) is 1.92. The average molecular weight is 400 g/mol. The predicted molar refractivity (Wildman–Crippen MR) is 94.0 cm³/mol. The topological polar surface area (TPSA) is 104 Å². The fourth-order valence-electron chi connectivity index (χ4n) is 1.99. The maximum Gasteiger partial charge on any atom is 0.279 e. The van der Waals surface area contributed by atoms with E-state index in [-0.39, 0.29) is 21.5 Å². The van der Waals surface area contributed by atoms with E-state index in [0.717, 1.165) is 12.8 Å². The number of hydrogen-bond donors (Lipinski definition) is 3. The maximum atomic E-state index is 12.3. The van der Waals surface area contributed by atoms with E-state index in [1.165, 1.54) is 29.5 Å². The molecule has 3 N–H and O–H groups in total. The summed E-state index contributed by atoms with van der Waals surface area (Å²) < 4.78 is 27.1. The second-order valence-electron chi connectivity index (χ2n) is 5.43. The fraction of sp³-hybridized carbons (Fsp3) is 0.200. The molecule has 3 rings (SSSR count). The van der Waals surface area contributed by atoms with Crippen LogP contribution in [0.3, 0.4) is 0 Å². The minimum Gasteiger partial charge on any atom is -0.267 e. The Kier molecular flexibility index (Phi) is 5.09. The monoisotopic (exact) mass is 399 g/mol. The van der Waals surface area contributed by atoms with Gasteiger partial charge in [0.1, 0.15) is 4.90 Å². The minimum atomic E-state index is -3.80. The number of halogens is 1. The molecular weight excluding hydrogens is 386 g/mol. The molecule has 0 spiro atoms. The lowest BCUT2D eigenvalue weighted by Crippen LogP contribution is -2.41. The Morgan fingerprint density at radius 3 is 2.48 bits per heavy atom. The zero-order valence-corrected chi connectivity index (χ0v) is 15.2. The molecule has 1 fully saturated rings. The van der Waals surface area contributed by atoms with E-state index in [0.29, 0.717) is 4.88 Å². The number of thiophene rings is 1. The van der Waals surface area contributed by atoms with Gasteiger partial charge in [0.2, 0.25) is 10.0 Å². The molecule has 0 atom stereocenters. The van der Waals surface area contributed by atoms with Gasteiger partial charge in [-0.1, -0.05) is 17.7 Å². The van der Waals surface area contributed by atoms with E-state index in [9.17, 15) is 18.0 Å². The van der Waals surface area contributed by atoms with Gasteiger partial charge in [0.05, 0.1) is 9.90 Å². The van der Waals surface area contributed by atoms with Crippen LogP contribution in [0.25, 0.3) is 0 Å².